The van der Waals surface area contributed by atoms with Gasteiger partial charge >= 0.3 is 0 Å². The Balaban J connectivity index is 1.56. The van der Waals surface area contributed by atoms with Crippen LogP contribution in [0.2, 0.25) is 0 Å². The number of aromatic amines is 1. The second-order valence-corrected chi connectivity index (χ2v) is 5.21. The smallest absolute Gasteiger partial charge is 0.240 e. The summed E-state index contributed by atoms with van der Waals surface area (Å²) in [6.45, 7) is 0. The number of fused-ring (bicyclic) bond motifs is 1. The molecule has 0 spiro atoms. The second kappa shape index (κ2) is 6.87. The molecule has 0 aliphatic carbocycles. The van der Waals surface area contributed by atoms with Crippen LogP contribution >= 0.6 is 0 Å². The number of amides is 1. The number of carbonyl (C=O) groups is 1. The Morgan fingerprint density at radius 2 is 2.04 bits per heavy atom. The fraction of sp³-hybridized carbons (Fsp3) is 0.111. The molecule has 2 aromatic carbocycles. The van der Waals surface area contributed by atoms with E-state index in [1.165, 1.54) is 12.1 Å². The molecule has 0 aliphatic rings. The molecule has 1 aromatic heterocycles. The number of rotatable bonds is 5. The number of aromatic nitrogens is 1. The Labute approximate surface area is 133 Å². The third-order valence-corrected chi connectivity index (χ3v) is 3.55. The molecule has 0 radical (unpaired) electrons. The topological polar surface area (TPSA) is 57.2 Å². The van der Waals surface area contributed by atoms with Gasteiger partial charge in [-0.15, -0.1) is 0 Å². The predicted molar refractivity (Wildman–Crippen MR) is 88.8 cm³/mol. The van der Waals surface area contributed by atoms with Crippen LogP contribution in [0.5, 0.6) is 0 Å². The zero-order valence-corrected chi connectivity index (χ0v) is 12.4. The quantitative estimate of drug-likeness (QED) is 0.551. The normalized spacial score (nSPS) is 11.2. The summed E-state index contributed by atoms with van der Waals surface area (Å²) in [5, 5.41) is 4.74. The molecule has 23 heavy (non-hydrogen) atoms. The summed E-state index contributed by atoms with van der Waals surface area (Å²) in [4.78, 5) is 14.9. The van der Waals surface area contributed by atoms with Gasteiger partial charge in [0.15, 0.2) is 0 Å². The highest BCUT2D eigenvalue weighted by Gasteiger charge is 2.07. The van der Waals surface area contributed by atoms with E-state index in [4.69, 9.17) is 0 Å². The van der Waals surface area contributed by atoms with Gasteiger partial charge in [-0.1, -0.05) is 30.3 Å². The molecule has 3 rings (SSSR count). The molecule has 0 saturated heterocycles. The first kappa shape index (κ1) is 15.0. The van der Waals surface area contributed by atoms with Gasteiger partial charge in [-0.3, -0.25) is 4.79 Å². The fourth-order valence-electron chi connectivity index (χ4n) is 2.38. The maximum Gasteiger partial charge on any atom is 0.240 e. The highest BCUT2D eigenvalue weighted by Crippen LogP contribution is 2.20. The summed E-state index contributed by atoms with van der Waals surface area (Å²) in [5.74, 6) is -0.460. The van der Waals surface area contributed by atoms with Gasteiger partial charge in [0.2, 0.25) is 5.91 Å². The Bertz CT molecular complexity index is 840. The van der Waals surface area contributed by atoms with Gasteiger partial charge < -0.3 is 4.98 Å². The van der Waals surface area contributed by atoms with Crippen molar-refractivity contribution in [2.75, 3.05) is 0 Å². The number of halogens is 1. The molecule has 2 N–H and O–H groups in total. The highest BCUT2D eigenvalue weighted by atomic mass is 19.1. The van der Waals surface area contributed by atoms with Gasteiger partial charge in [0.1, 0.15) is 5.82 Å². The van der Waals surface area contributed by atoms with Crippen LogP contribution in [0.3, 0.4) is 0 Å². The maximum absolute atomic E-state index is 13.3. The largest absolute Gasteiger partial charge is 0.361 e. The average Bonchev–Trinajstić information content (AvgIpc) is 2.96. The van der Waals surface area contributed by atoms with E-state index in [-0.39, 0.29) is 18.1 Å². The van der Waals surface area contributed by atoms with Gasteiger partial charge in [0.25, 0.3) is 0 Å². The number of carbonyl (C=O) groups excluding carboxylic acids is 1. The molecule has 0 fully saturated rings. The molecule has 0 aliphatic heterocycles. The van der Waals surface area contributed by atoms with Crippen LogP contribution in [-0.4, -0.2) is 17.1 Å². The zero-order chi connectivity index (χ0) is 16.1. The zero-order valence-electron chi connectivity index (χ0n) is 12.4. The van der Waals surface area contributed by atoms with E-state index in [0.717, 1.165) is 22.0 Å². The van der Waals surface area contributed by atoms with E-state index >= 15 is 0 Å². The molecule has 116 valence electrons. The standard InChI is InChI=1S/C18H16FN3O/c19-15-7-8-17-16(10-15)14(12-20-17)6-9-18(23)22-21-11-13-4-2-1-3-5-13/h1-5,7-8,10-12,20H,6,9H2,(H,22,23). The molecule has 1 heterocycles. The Morgan fingerprint density at radius 1 is 1.22 bits per heavy atom. The van der Waals surface area contributed by atoms with Crippen molar-refractivity contribution in [2.24, 2.45) is 5.10 Å². The minimum atomic E-state index is -0.282. The predicted octanol–water partition coefficient (Wildman–Crippen LogP) is 3.39. The molecule has 0 bridgehead atoms. The van der Waals surface area contributed by atoms with E-state index in [0.29, 0.717) is 6.42 Å². The number of hydrogen-bond acceptors (Lipinski definition) is 2. The molecule has 5 heteroatoms. The molecule has 4 nitrogen and oxygen atoms in total. The van der Waals surface area contributed by atoms with Gasteiger partial charge in [0, 0.05) is 23.5 Å². The van der Waals surface area contributed by atoms with Crippen LogP contribution in [0, 0.1) is 5.82 Å². The molecular weight excluding hydrogens is 293 g/mol. The van der Waals surface area contributed by atoms with Gasteiger partial charge in [0.05, 0.1) is 6.21 Å². The van der Waals surface area contributed by atoms with Crippen molar-refractivity contribution >= 4 is 23.0 Å². The van der Waals surface area contributed by atoms with E-state index in [9.17, 15) is 9.18 Å². The number of benzene rings is 2. The lowest BCUT2D eigenvalue weighted by molar-refractivity contribution is -0.121. The Kier molecular flexibility index (Phi) is 4.47. The molecule has 0 unspecified atom stereocenters. The number of aryl methyl sites for hydroxylation is 1. The van der Waals surface area contributed by atoms with Crippen LogP contribution in [0.15, 0.2) is 59.8 Å². The summed E-state index contributed by atoms with van der Waals surface area (Å²) in [5.41, 5.74) is 5.20. The summed E-state index contributed by atoms with van der Waals surface area (Å²) in [7, 11) is 0. The average molecular weight is 309 g/mol. The van der Waals surface area contributed by atoms with Crippen molar-refractivity contribution in [3.05, 3.63) is 71.7 Å². The van der Waals surface area contributed by atoms with Crippen molar-refractivity contribution in [3.63, 3.8) is 0 Å². The highest BCUT2D eigenvalue weighted by molar-refractivity contribution is 5.85. The molecule has 0 saturated carbocycles. The Hall–Kier alpha value is -2.95. The molecule has 3 aromatic rings. The van der Waals surface area contributed by atoms with Gasteiger partial charge in [-0.25, -0.2) is 9.82 Å². The van der Waals surface area contributed by atoms with E-state index in [1.807, 2.05) is 36.5 Å². The second-order valence-electron chi connectivity index (χ2n) is 5.21. The minimum Gasteiger partial charge on any atom is -0.361 e. The van der Waals surface area contributed by atoms with Crippen molar-refractivity contribution in [1.82, 2.24) is 10.4 Å². The van der Waals surface area contributed by atoms with Crippen molar-refractivity contribution in [1.29, 1.82) is 0 Å². The van der Waals surface area contributed by atoms with E-state index in [2.05, 4.69) is 15.5 Å². The van der Waals surface area contributed by atoms with Crippen LogP contribution in [0.25, 0.3) is 10.9 Å². The van der Waals surface area contributed by atoms with Crippen LogP contribution < -0.4 is 5.43 Å². The van der Waals surface area contributed by atoms with Crippen LogP contribution in [0.1, 0.15) is 17.5 Å². The third kappa shape index (κ3) is 3.83. The van der Waals surface area contributed by atoms with Crippen LogP contribution in [-0.2, 0) is 11.2 Å². The summed E-state index contributed by atoms with van der Waals surface area (Å²) in [6, 6.07) is 14.1. The molecular formula is C18H16FN3O. The summed E-state index contributed by atoms with van der Waals surface area (Å²) in [6.07, 6.45) is 4.22. The van der Waals surface area contributed by atoms with Gasteiger partial charge in [-0.05, 0) is 35.7 Å². The number of hydrazone groups is 1. The SMILES string of the molecule is O=C(CCc1c[nH]c2ccc(F)cc12)NN=Cc1ccccc1. The first-order valence-corrected chi connectivity index (χ1v) is 7.35. The number of hydrogen-bond donors (Lipinski definition) is 2. The fourth-order valence-corrected chi connectivity index (χ4v) is 2.38. The Morgan fingerprint density at radius 3 is 2.87 bits per heavy atom. The minimum absolute atomic E-state index is 0.178. The molecule has 1 amide bonds. The van der Waals surface area contributed by atoms with Crippen molar-refractivity contribution < 1.29 is 9.18 Å². The first-order chi connectivity index (χ1) is 11.2. The van der Waals surface area contributed by atoms with Gasteiger partial charge in [-0.2, -0.15) is 5.10 Å². The first-order valence-electron chi connectivity index (χ1n) is 7.35. The van der Waals surface area contributed by atoms with Crippen molar-refractivity contribution in [3.8, 4) is 0 Å². The molecule has 0 atom stereocenters. The summed E-state index contributed by atoms with van der Waals surface area (Å²) < 4.78 is 13.3. The maximum atomic E-state index is 13.3. The third-order valence-electron chi connectivity index (χ3n) is 3.55. The van der Waals surface area contributed by atoms with Crippen molar-refractivity contribution in [2.45, 2.75) is 12.8 Å². The number of nitrogens with one attached hydrogen (secondary N) is 2. The lowest BCUT2D eigenvalue weighted by atomic mass is 10.1. The summed E-state index contributed by atoms with van der Waals surface area (Å²) >= 11 is 0. The lowest BCUT2D eigenvalue weighted by Crippen LogP contribution is -2.17. The van der Waals surface area contributed by atoms with Crippen LogP contribution in [0.4, 0.5) is 4.39 Å². The van der Waals surface area contributed by atoms with E-state index in [1.54, 1.807) is 12.3 Å². The monoisotopic (exact) mass is 309 g/mol. The number of H-pyrrole nitrogens is 1. The number of nitrogens with zero attached hydrogens (tertiary/aromatic N) is 1. The lowest BCUT2D eigenvalue weighted by Gasteiger charge is -2.00. The van der Waals surface area contributed by atoms with E-state index < -0.39 is 0 Å².